The van der Waals surface area contributed by atoms with E-state index in [1.165, 1.54) is 6.07 Å². The number of amides is 1. The van der Waals surface area contributed by atoms with Crippen LogP contribution in [0.3, 0.4) is 0 Å². The third-order valence-corrected chi connectivity index (χ3v) is 7.42. The maximum absolute atomic E-state index is 13.0. The molecule has 1 saturated heterocycles. The van der Waals surface area contributed by atoms with E-state index < -0.39 is 10.0 Å². The van der Waals surface area contributed by atoms with Crippen molar-refractivity contribution in [3.63, 3.8) is 0 Å². The number of halogens is 1. The monoisotopic (exact) mass is 434 g/mol. The van der Waals surface area contributed by atoms with Crippen molar-refractivity contribution < 1.29 is 13.2 Å². The fourth-order valence-corrected chi connectivity index (χ4v) is 5.17. The van der Waals surface area contributed by atoms with Gasteiger partial charge in [0.1, 0.15) is 0 Å². The SMILES string of the molecule is Cc1ccc(S(=O)(=O)N2CCCCCC2)cc1C(=O)NCCc1ccc(Cl)cc1. The zero-order chi connectivity index (χ0) is 20.9. The van der Waals surface area contributed by atoms with E-state index in [9.17, 15) is 13.2 Å². The van der Waals surface area contributed by atoms with Gasteiger partial charge < -0.3 is 5.32 Å². The van der Waals surface area contributed by atoms with E-state index in [4.69, 9.17) is 11.6 Å². The second kappa shape index (κ2) is 9.74. The fourth-order valence-electron chi connectivity index (χ4n) is 3.50. The summed E-state index contributed by atoms with van der Waals surface area (Å²) in [5, 5.41) is 3.57. The van der Waals surface area contributed by atoms with Gasteiger partial charge in [0.25, 0.3) is 5.91 Å². The first-order valence-corrected chi connectivity index (χ1v) is 11.8. The number of nitrogens with one attached hydrogen (secondary N) is 1. The molecule has 0 unspecified atom stereocenters. The van der Waals surface area contributed by atoms with Gasteiger partial charge in [-0.1, -0.05) is 42.6 Å². The molecule has 0 spiro atoms. The van der Waals surface area contributed by atoms with Gasteiger partial charge in [-0.15, -0.1) is 0 Å². The Morgan fingerprint density at radius 3 is 2.34 bits per heavy atom. The summed E-state index contributed by atoms with van der Waals surface area (Å²) in [6, 6.07) is 12.3. The first kappa shape index (κ1) is 21.8. The molecule has 1 amide bonds. The molecule has 0 radical (unpaired) electrons. The van der Waals surface area contributed by atoms with Crippen LogP contribution in [0.5, 0.6) is 0 Å². The maximum atomic E-state index is 13.0. The van der Waals surface area contributed by atoms with Gasteiger partial charge in [0, 0.05) is 30.2 Å². The average molecular weight is 435 g/mol. The minimum atomic E-state index is -3.58. The molecular weight excluding hydrogens is 408 g/mol. The minimum absolute atomic E-state index is 0.188. The molecule has 1 fully saturated rings. The fraction of sp³-hybridized carbons (Fsp3) is 0.409. The van der Waals surface area contributed by atoms with Crippen molar-refractivity contribution in [2.75, 3.05) is 19.6 Å². The third-order valence-electron chi connectivity index (χ3n) is 5.27. The third kappa shape index (κ3) is 5.59. The Balaban J connectivity index is 1.70. The van der Waals surface area contributed by atoms with Crippen LogP contribution >= 0.6 is 11.6 Å². The van der Waals surface area contributed by atoms with Crippen molar-refractivity contribution in [3.05, 3.63) is 64.2 Å². The van der Waals surface area contributed by atoms with E-state index in [2.05, 4.69) is 5.32 Å². The zero-order valence-corrected chi connectivity index (χ0v) is 18.2. The summed E-state index contributed by atoms with van der Waals surface area (Å²) < 4.78 is 27.6. The van der Waals surface area contributed by atoms with E-state index in [1.54, 1.807) is 16.4 Å². The molecule has 156 valence electrons. The number of hydrogen-bond acceptors (Lipinski definition) is 3. The summed E-state index contributed by atoms with van der Waals surface area (Å²) in [6.07, 6.45) is 4.54. The molecule has 29 heavy (non-hydrogen) atoms. The number of sulfonamides is 1. The van der Waals surface area contributed by atoms with Crippen molar-refractivity contribution in [2.24, 2.45) is 0 Å². The van der Waals surface area contributed by atoms with Gasteiger partial charge in [-0.25, -0.2) is 8.42 Å². The van der Waals surface area contributed by atoms with Crippen LogP contribution in [0.25, 0.3) is 0 Å². The molecule has 0 bridgehead atoms. The maximum Gasteiger partial charge on any atom is 0.251 e. The zero-order valence-electron chi connectivity index (χ0n) is 16.7. The highest BCUT2D eigenvalue weighted by Crippen LogP contribution is 2.22. The normalized spacial score (nSPS) is 15.7. The molecule has 0 atom stereocenters. The molecule has 3 rings (SSSR count). The molecular formula is C22H27ClN2O3S. The van der Waals surface area contributed by atoms with Crippen LogP contribution in [0.4, 0.5) is 0 Å². The smallest absolute Gasteiger partial charge is 0.251 e. The number of rotatable bonds is 6. The van der Waals surface area contributed by atoms with Crippen LogP contribution in [0.15, 0.2) is 47.4 Å². The van der Waals surface area contributed by atoms with Gasteiger partial charge in [0.15, 0.2) is 0 Å². The molecule has 1 heterocycles. The molecule has 1 N–H and O–H groups in total. The topological polar surface area (TPSA) is 66.5 Å². The summed E-state index contributed by atoms with van der Waals surface area (Å²) in [4.78, 5) is 12.9. The molecule has 0 aliphatic carbocycles. The number of benzene rings is 2. The summed E-state index contributed by atoms with van der Waals surface area (Å²) >= 11 is 5.89. The van der Waals surface area contributed by atoms with Gasteiger partial charge in [-0.2, -0.15) is 4.31 Å². The lowest BCUT2D eigenvalue weighted by atomic mass is 10.1. The van der Waals surface area contributed by atoms with Gasteiger partial charge in [-0.3, -0.25) is 4.79 Å². The minimum Gasteiger partial charge on any atom is -0.352 e. The van der Waals surface area contributed by atoms with E-state index in [0.717, 1.165) is 36.8 Å². The van der Waals surface area contributed by atoms with Crippen molar-refractivity contribution in [1.29, 1.82) is 0 Å². The Hall–Kier alpha value is -1.89. The molecule has 0 saturated carbocycles. The summed E-state index contributed by atoms with van der Waals surface area (Å²) in [6.45, 7) is 3.36. The highest BCUT2D eigenvalue weighted by molar-refractivity contribution is 7.89. The van der Waals surface area contributed by atoms with E-state index in [-0.39, 0.29) is 10.8 Å². The van der Waals surface area contributed by atoms with Crippen LogP contribution in [-0.2, 0) is 16.4 Å². The second-order valence-electron chi connectivity index (χ2n) is 7.43. The first-order valence-electron chi connectivity index (χ1n) is 10.0. The largest absolute Gasteiger partial charge is 0.352 e. The standard InChI is InChI=1S/C22H27ClN2O3S/c1-17-6-11-20(29(27,28)25-14-4-2-3-5-15-25)16-21(17)22(26)24-13-12-18-7-9-19(23)10-8-18/h6-11,16H,2-5,12-15H2,1H3,(H,24,26). The molecule has 2 aromatic carbocycles. The van der Waals surface area contributed by atoms with E-state index in [1.807, 2.05) is 31.2 Å². The number of carbonyl (C=O) groups is 1. The van der Waals surface area contributed by atoms with Crippen molar-refractivity contribution in [1.82, 2.24) is 9.62 Å². The second-order valence-corrected chi connectivity index (χ2v) is 9.80. The Labute approximate surface area is 178 Å². The molecule has 7 heteroatoms. The van der Waals surface area contributed by atoms with Gasteiger partial charge >= 0.3 is 0 Å². The molecule has 0 aromatic heterocycles. The highest BCUT2D eigenvalue weighted by Gasteiger charge is 2.26. The lowest BCUT2D eigenvalue weighted by Gasteiger charge is -2.20. The van der Waals surface area contributed by atoms with Crippen LogP contribution < -0.4 is 5.32 Å². The van der Waals surface area contributed by atoms with Crippen LogP contribution in [0.1, 0.15) is 47.2 Å². The number of carbonyl (C=O) groups excluding carboxylic acids is 1. The predicted octanol–water partition coefficient (Wildman–Crippen LogP) is 4.19. The highest BCUT2D eigenvalue weighted by atomic mass is 35.5. The summed E-state index contributed by atoms with van der Waals surface area (Å²) in [5.74, 6) is -0.260. The Bertz CT molecular complexity index is 951. The molecule has 2 aromatic rings. The van der Waals surface area contributed by atoms with Crippen molar-refractivity contribution >= 4 is 27.5 Å². The number of hydrogen-bond donors (Lipinski definition) is 1. The Morgan fingerprint density at radius 2 is 1.69 bits per heavy atom. The predicted molar refractivity (Wildman–Crippen MR) is 116 cm³/mol. The Kier molecular flexibility index (Phi) is 7.33. The van der Waals surface area contributed by atoms with E-state index in [0.29, 0.717) is 36.6 Å². The van der Waals surface area contributed by atoms with Gasteiger partial charge in [-0.05, 0) is 61.6 Å². The van der Waals surface area contributed by atoms with Crippen molar-refractivity contribution in [3.8, 4) is 0 Å². The molecule has 5 nitrogen and oxygen atoms in total. The van der Waals surface area contributed by atoms with Crippen molar-refractivity contribution in [2.45, 2.75) is 43.9 Å². The first-order chi connectivity index (χ1) is 13.9. The molecule has 1 aliphatic rings. The Morgan fingerprint density at radius 1 is 1.03 bits per heavy atom. The number of nitrogens with zero attached hydrogens (tertiary/aromatic N) is 1. The van der Waals surface area contributed by atoms with E-state index >= 15 is 0 Å². The number of aryl methyl sites for hydroxylation is 1. The molecule has 1 aliphatic heterocycles. The quantitative estimate of drug-likeness (QED) is 0.741. The summed E-state index contributed by atoms with van der Waals surface area (Å²) in [5.41, 5.74) is 2.23. The lowest BCUT2D eigenvalue weighted by Crippen LogP contribution is -2.32. The van der Waals surface area contributed by atoms with Crippen LogP contribution in [0.2, 0.25) is 5.02 Å². The summed E-state index contributed by atoms with van der Waals surface area (Å²) in [7, 11) is -3.58. The van der Waals surface area contributed by atoms with Gasteiger partial charge in [0.2, 0.25) is 10.0 Å². The van der Waals surface area contributed by atoms with Crippen LogP contribution in [0, 0.1) is 6.92 Å². The average Bonchev–Trinajstić information content (AvgIpc) is 3.00. The lowest BCUT2D eigenvalue weighted by molar-refractivity contribution is 0.0953. The van der Waals surface area contributed by atoms with Gasteiger partial charge in [0.05, 0.1) is 4.90 Å². The van der Waals surface area contributed by atoms with Crippen LogP contribution in [-0.4, -0.2) is 38.3 Å².